The van der Waals surface area contributed by atoms with Crippen LogP contribution in [0.15, 0.2) is 18.2 Å². The maximum atomic E-state index is 11.7. The number of hydrogen-bond donors (Lipinski definition) is 2. The maximum Gasteiger partial charge on any atom is 0.303 e. The molecule has 0 saturated heterocycles. The van der Waals surface area contributed by atoms with Gasteiger partial charge in [0, 0.05) is 23.6 Å². The van der Waals surface area contributed by atoms with Crippen LogP contribution >= 0.6 is 23.2 Å². The van der Waals surface area contributed by atoms with Crippen LogP contribution in [0.4, 0.5) is 0 Å². The summed E-state index contributed by atoms with van der Waals surface area (Å²) in [4.78, 5) is 22.1. The summed E-state index contributed by atoms with van der Waals surface area (Å²) in [6.45, 7) is 1.63. The summed E-state index contributed by atoms with van der Waals surface area (Å²) in [5.41, 5.74) is 0. The van der Waals surface area contributed by atoms with E-state index in [2.05, 4.69) is 5.32 Å². The van der Waals surface area contributed by atoms with Gasteiger partial charge < -0.3 is 15.2 Å². The monoisotopic (exact) mass is 333 g/mol. The van der Waals surface area contributed by atoms with Crippen molar-refractivity contribution in [3.8, 4) is 5.75 Å². The lowest BCUT2D eigenvalue weighted by molar-refractivity contribution is -0.137. The minimum atomic E-state index is -0.840. The minimum absolute atomic E-state index is 0.0921. The molecule has 21 heavy (non-hydrogen) atoms. The van der Waals surface area contributed by atoms with Gasteiger partial charge >= 0.3 is 5.97 Å². The molecule has 1 aromatic carbocycles. The summed E-state index contributed by atoms with van der Waals surface area (Å²) in [6, 6.07) is 4.63. The van der Waals surface area contributed by atoms with Crippen LogP contribution in [0.3, 0.4) is 0 Å². The molecule has 0 saturated carbocycles. The molecule has 0 heterocycles. The molecular formula is C14H17Cl2NO4. The Morgan fingerprint density at radius 2 is 2.10 bits per heavy atom. The van der Waals surface area contributed by atoms with Gasteiger partial charge in [-0.15, -0.1) is 0 Å². The van der Waals surface area contributed by atoms with E-state index in [9.17, 15) is 9.59 Å². The lowest BCUT2D eigenvalue weighted by Gasteiger charge is -2.14. The van der Waals surface area contributed by atoms with Crippen LogP contribution in [0, 0.1) is 0 Å². The predicted octanol–water partition coefficient (Wildman–Crippen LogP) is 3.13. The van der Waals surface area contributed by atoms with Gasteiger partial charge in [-0.25, -0.2) is 0 Å². The largest absolute Gasteiger partial charge is 0.482 e. The summed E-state index contributed by atoms with van der Waals surface area (Å²) >= 11 is 11.7. The standard InChI is InChI=1S/C14H17Cl2NO4/c1-9(3-2-4-14(19)20)17-13(18)8-21-12-7-10(15)5-6-11(12)16/h5-7,9H,2-4,8H2,1H3,(H,17,18)(H,19,20). The van der Waals surface area contributed by atoms with Gasteiger partial charge in [0.2, 0.25) is 0 Å². The van der Waals surface area contributed by atoms with Gasteiger partial charge in [0.25, 0.3) is 5.91 Å². The molecule has 0 radical (unpaired) electrons. The van der Waals surface area contributed by atoms with Crippen molar-refractivity contribution >= 4 is 35.1 Å². The first-order chi connectivity index (χ1) is 9.88. The molecule has 1 aromatic rings. The van der Waals surface area contributed by atoms with Gasteiger partial charge in [-0.2, -0.15) is 0 Å². The van der Waals surface area contributed by atoms with Crippen molar-refractivity contribution in [2.24, 2.45) is 0 Å². The van der Waals surface area contributed by atoms with E-state index in [1.807, 2.05) is 6.92 Å². The number of halogens is 2. The highest BCUT2D eigenvalue weighted by Crippen LogP contribution is 2.27. The molecule has 1 rings (SSSR count). The third-order valence-electron chi connectivity index (χ3n) is 2.69. The molecule has 0 spiro atoms. The van der Waals surface area contributed by atoms with Crippen molar-refractivity contribution < 1.29 is 19.4 Å². The Morgan fingerprint density at radius 1 is 1.38 bits per heavy atom. The van der Waals surface area contributed by atoms with Crippen LogP contribution < -0.4 is 10.1 Å². The van der Waals surface area contributed by atoms with Crippen LogP contribution in [0.25, 0.3) is 0 Å². The number of carbonyl (C=O) groups excluding carboxylic acids is 1. The highest BCUT2D eigenvalue weighted by Gasteiger charge is 2.10. The molecule has 116 valence electrons. The normalized spacial score (nSPS) is 11.8. The summed E-state index contributed by atoms with van der Waals surface area (Å²) < 4.78 is 5.30. The average Bonchev–Trinajstić information content (AvgIpc) is 2.39. The summed E-state index contributed by atoms with van der Waals surface area (Å²) in [7, 11) is 0. The average molecular weight is 334 g/mol. The minimum Gasteiger partial charge on any atom is -0.482 e. The number of rotatable bonds is 8. The van der Waals surface area contributed by atoms with Gasteiger partial charge in [0.05, 0.1) is 5.02 Å². The Kier molecular flexibility index (Phi) is 7.32. The van der Waals surface area contributed by atoms with Crippen LogP contribution in [0.5, 0.6) is 5.75 Å². The van der Waals surface area contributed by atoms with Crippen molar-refractivity contribution in [3.05, 3.63) is 28.2 Å². The van der Waals surface area contributed by atoms with E-state index >= 15 is 0 Å². The lowest BCUT2D eigenvalue weighted by Crippen LogP contribution is -2.36. The molecule has 1 atom stereocenters. The number of benzene rings is 1. The number of carboxylic acid groups (broad SMARTS) is 1. The Morgan fingerprint density at radius 3 is 2.76 bits per heavy atom. The Labute approximate surface area is 133 Å². The number of hydrogen-bond acceptors (Lipinski definition) is 3. The van der Waals surface area contributed by atoms with Gasteiger partial charge in [-0.3, -0.25) is 9.59 Å². The first-order valence-corrected chi connectivity index (χ1v) is 7.23. The Hall–Kier alpha value is -1.46. The number of nitrogens with one attached hydrogen (secondary N) is 1. The predicted molar refractivity (Wildman–Crippen MR) is 81.0 cm³/mol. The van der Waals surface area contributed by atoms with Crippen LogP contribution in [-0.4, -0.2) is 29.6 Å². The van der Waals surface area contributed by atoms with Gasteiger partial charge in [-0.05, 0) is 31.9 Å². The highest BCUT2D eigenvalue weighted by atomic mass is 35.5. The molecule has 0 aromatic heterocycles. The van der Waals surface area contributed by atoms with Crippen molar-refractivity contribution in [2.75, 3.05) is 6.61 Å². The third-order valence-corrected chi connectivity index (χ3v) is 3.23. The van der Waals surface area contributed by atoms with Crippen LogP contribution in [-0.2, 0) is 9.59 Å². The number of amides is 1. The molecule has 0 bridgehead atoms. The second-order valence-corrected chi connectivity index (χ2v) is 5.46. The van der Waals surface area contributed by atoms with E-state index in [0.717, 1.165) is 0 Å². The fourth-order valence-electron chi connectivity index (χ4n) is 1.68. The molecule has 0 aliphatic heterocycles. The number of ether oxygens (including phenoxy) is 1. The highest BCUT2D eigenvalue weighted by molar-refractivity contribution is 6.34. The quantitative estimate of drug-likeness (QED) is 0.766. The van der Waals surface area contributed by atoms with E-state index in [-0.39, 0.29) is 25.0 Å². The molecule has 1 unspecified atom stereocenters. The van der Waals surface area contributed by atoms with Gasteiger partial charge in [0.1, 0.15) is 5.75 Å². The molecule has 5 nitrogen and oxygen atoms in total. The Balaban J connectivity index is 2.33. The summed E-state index contributed by atoms with van der Waals surface area (Å²) in [5.74, 6) is -0.792. The van der Waals surface area contributed by atoms with Crippen LogP contribution in [0.1, 0.15) is 26.2 Å². The molecule has 0 fully saturated rings. The molecule has 0 aliphatic rings. The van der Waals surface area contributed by atoms with Crippen LogP contribution in [0.2, 0.25) is 10.0 Å². The van der Waals surface area contributed by atoms with Gasteiger partial charge in [0.15, 0.2) is 6.61 Å². The number of carboxylic acids is 1. The molecule has 7 heteroatoms. The summed E-state index contributed by atoms with van der Waals surface area (Å²) in [5, 5.41) is 12.1. The fraction of sp³-hybridized carbons (Fsp3) is 0.429. The van der Waals surface area contributed by atoms with E-state index < -0.39 is 5.97 Å². The smallest absolute Gasteiger partial charge is 0.303 e. The van der Waals surface area contributed by atoms with Crippen molar-refractivity contribution in [1.82, 2.24) is 5.32 Å². The Bertz CT molecular complexity index is 508. The van der Waals surface area contributed by atoms with Crippen molar-refractivity contribution in [2.45, 2.75) is 32.2 Å². The van der Waals surface area contributed by atoms with E-state index in [1.165, 1.54) is 6.07 Å². The SMILES string of the molecule is CC(CCCC(=O)O)NC(=O)COc1cc(Cl)ccc1Cl. The van der Waals surface area contributed by atoms with E-state index in [1.54, 1.807) is 12.1 Å². The maximum absolute atomic E-state index is 11.7. The van der Waals surface area contributed by atoms with Crippen molar-refractivity contribution in [1.29, 1.82) is 0 Å². The fourth-order valence-corrected chi connectivity index (χ4v) is 2.01. The number of carbonyl (C=O) groups is 2. The second-order valence-electron chi connectivity index (χ2n) is 4.62. The molecular weight excluding hydrogens is 317 g/mol. The first kappa shape index (κ1) is 17.6. The zero-order chi connectivity index (χ0) is 15.8. The lowest BCUT2D eigenvalue weighted by atomic mass is 10.1. The zero-order valence-electron chi connectivity index (χ0n) is 11.6. The van der Waals surface area contributed by atoms with E-state index in [0.29, 0.717) is 28.6 Å². The summed E-state index contributed by atoms with van der Waals surface area (Å²) in [6.07, 6.45) is 1.20. The first-order valence-electron chi connectivity index (χ1n) is 6.47. The molecule has 2 N–H and O–H groups in total. The van der Waals surface area contributed by atoms with E-state index in [4.69, 9.17) is 33.0 Å². The molecule has 1 amide bonds. The second kappa shape index (κ2) is 8.74. The zero-order valence-corrected chi connectivity index (χ0v) is 13.1. The molecule has 0 aliphatic carbocycles. The third kappa shape index (κ3) is 7.20. The topological polar surface area (TPSA) is 75.6 Å². The number of aliphatic carboxylic acids is 1. The van der Waals surface area contributed by atoms with Gasteiger partial charge in [-0.1, -0.05) is 23.2 Å². The van der Waals surface area contributed by atoms with Crippen molar-refractivity contribution in [3.63, 3.8) is 0 Å².